The maximum absolute atomic E-state index is 10.6. The van der Waals surface area contributed by atoms with Crippen molar-refractivity contribution < 1.29 is 23.1 Å². The Hall–Kier alpha value is -1.60. The third kappa shape index (κ3) is 4.49. The summed E-state index contributed by atoms with van der Waals surface area (Å²) in [6.07, 6.45) is 11.3. The first-order chi connectivity index (χ1) is 14.4. The molecule has 1 N–H and O–H groups in total. The molecule has 0 spiro atoms. The highest BCUT2D eigenvalue weighted by atomic mass is 19.4. The van der Waals surface area contributed by atoms with Crippen LogP contribution in [0.5, 0.6) is 0 Å². The van der Waals surface area contributed by atoms with Crippen molar-refractivity contribution >= 4 is 5.97 Å². The molecular formula is C23H34F3N3O2. The predicted molar refractivity (Wildman–Crippen MR) is 110 cm³/mol. The molecular weight excluding hydrogens is 407 g/mol. The Morgan fingerprint density at radius 1 is 0.968 bits per heavy atom. The molecule has 2 heterocycles. The van der Waals surface area contributed by atoms with Gasteiger partial charge in [-0.2, -0.15) is 13.2 Å². The Morgan fingerprint density at radius 2 is 1.55 bits per heavy atom. The topological polar surface area (TPSA) is 68.0 Å². The monoisotopic (exact) mass is 441 g/mol. The molecule has 6 rings (SSSR count). The molecule has 0 aromatic carbocycles. The number of rotatable bonds is 1. The summed E-state index contributed by atoms with van der Waals surface area (Å²) in [5, 5.41) is 16.7. The van der Waals surface area contributed by atoms with Crippen LogP contribution in [-0.2, 0) is 23.2 Å². The van der Waals surface area contributed by atoms with E-state index in [4.69, 9.17) is 20.1 Å². The van der Waals surface area contributed by atoms with Crippen LogP contribution < -0.4 is 0 Å². The van der Waals surface area contributed by atoms with Crippen LogP contribution >= 0.6 is 0 Å². The summed E-state index contributed by atoms with van der Waals surface area (Å²) in [7, 11) is 0. The number of aliphatic carboxylic acids is 1. The number of fused-ring (bicyclic) bond motifs is 1. The zero-order chi connectivity index (χ0) is 22.5. The number of aromatic nitrogens is 3. The lowest BCUT2D eigenvalue weighted by Gasteiger charge is -2.65. The van der Waals surface area contributed by atoms with Crippen molar-refractivity contribution in [1.29, 1.82) is 0 Å². The predicted octanol–water partition coefficient (Wildman–Crippen LogP) is 5.67. The number of hydrogen-bond acceptors (Lipinski definition) is 3. The standard InChI is InChI=1S/C21H33N3.C2HF3O2/c1-19-10-16-11-20(2,13-19)15-21(12-16,14-19)18-23-22-17-8-6-4-3-5-7-9-24(17)18;3-2(4,5)1(6)7/h16H,3-15H2,1-2H3;(H,6,7). The summed E-state index contributed by atoms with van der Waals surface area (Å²) in [6, 6.07) is 0. The molecule has 1 aliphatic heterocycles. The Morgan fingerprint density at radius 3 is 2.13 bits per heavy atom. The van der Waals surface area contributed by atoms with Crippen molar-refractivity contribution in [1.82, 2.24) is 14.8 Å². The van der Waals surface area contributed by atoms with E-state index in [0.29, 0.717) is 16.2 Å². The number of carboxylic acid groups (broad SMARTS) is 1. The summed E-state index contributed by atoms with van der Waals surface area (Å²) in [4.78, 5) is 8.90. The number of carboxylic acids is 1. The molecule has 0 amide bonds. The van der Waals surface area contributed by atoms with Crippen molar-refractivity contribution in [2.24, 2.45) is 16.7 Å². The molecule has 2 unspecified atom stereocenters. The lowest BCUT2D eigenvalue weighted by Crippen LogP contribution is -2.57. The van der Waals surface area contributed by atoms with E-state index >= 15 is 0 Å². The van der Waals surface area contributed by atoms with Crippen LogP contribution in [0.3, 0.4) is 0 Å². The van der Waals surface area contributed by atoms with Gasteiger partial charge in [-0.15, -0.1) is 10.2 Å². The van der Waals surface area contributed by atoms with Crippen molar-refractivity contribution in [3.05, 3.63) is 11.6 Å². The van der Waals surface area contributed by atoms with Crippen molar-refractivity contribution in [2.45, 2.75) is 109 Å². The maximum atomic E-state index is 10.6. The van der Waals surface area contributed by atoms with Crippen LogP contribution in [0.4, 0.5) is 13.2 Å². The summed E-state index contributed by atoms with van der Waals surface area (Å²) < 4.78 is 34.3. The van der Waals surface area contributed by atoms with Crippen LogP contribution in [0.15, 0.2) is 0 Å². The van der Waals surface area contributed by atoms with Crippen LogP contribution in [-0.4, -0.2) is 32.0 Å². The van der Waals surface area contributed by atoms with Gasteiger partial charge in [-0.25, -0.2) is 4.79 Å². The Kier molecular flexibility index (Phi) is 5.66. The molecule has 4 bridgehead atoms. The van der Waals surface area contributed by atoms with Crippen LogP contribution in [0.2, 0.25) is 0 Å². The summed E-state index contributed by atoms with van der Waals surface area (Å²) in [5.41, 5.74) is 1.44. The second-order valence-corrected chi connectivity index (χ2v) is 11.3. The molecule has 1 aromatic rings. The highest BCUT2D eigenvalue weighted by Gasteiger charge is 2.62. The fourth-order valence-electron chi connectivity index (χ4n) is 7.93. The zero-order valence-corrected chi connectivity index (χ0v) is 18.6. The van der Waals surface area contributed by atoms with E-state index in [1.165, 1.54) is 82.3 Å². The van der Waals surface area contributed by atoms with Gasteiger partial charge in [0.25, 0.3) is 0 Å². The van der Waals surface area contributed by atoms with Gasteiger partial charge in [-0.05, 0) is 68.1 Å². The van der Waals surface area contributed by atoms with E-state index in [2.05, 4.69) is 18.4 Å². The van der Waals surface area contributed by atoms with Crippen molar-refractivity contribution in [3.8, 4) is 0 Å². The van der Waals surface area contributed by atoms with Crippen molar-refractivity contribution in [3.63, 3.8) is 0 Å². The highest BCUT2D eigenvalue weighted by Crippen LogP contribution is 2.69. The Labute approximate surface area is 181 Å². The number of halogens is 3. The van der Waals surface area contributed by atoms with E-state index in [1.54, 1.807) is 0 Å². The van der Waals surface area contributed by atoms with Gasteiger partial charge in [-0.1, -0.05) is 33.1 Å². The molecule has 4 aliphatic carbocycles. The van der Waals surface area contributed by atoms with Gasteiger partial charge in [0.05, 0.1) is 0 Å². The van der Waals surface area contributed by atoms with E-state index in [9.17, 15) is 13.2 Å². The van der Waals surface area contributed by atoms with E-state index < -0.39 is 12.1 Å². The Bertz CT molecular complexity index is 817. The van der Waals surface area contributed by atoms with E-state index in [0.717, 1.165) is 18.9 Å². The first-order valence-corrected chi connectivity index (χ1v) is 11.7. The molecule has 4 saturated carbocycles. The normalized spacial score (nSPS) is 37.1. The zero-order valence-electron chi connectivity index (χ0n) is 18.6. The SMILES string of the molecule is CC12CC3CC(C)(C1)CC(c1nnc4n1CCCCCCC4)(C3)C2.O=C(O)C(F)(F)F. The van der Waals surface area contributed by atoms with Gasteiger partial charge in [0, 0.05) is 18.4 Å². The van der Waals surface area contributed by atoms with Crippen LogP contribution in [0.25, 0.3) is 0 Å². The minimum absolute atomic E-state index is 0.336. The summed E-state index contributed by atoms with van der Waals surface area (Å²) in [6.45, 7) is 6.30. The van der Waals surface area contributed by atoms with Gasteiger partial charge >= 0.3 is 12.1 Å². The molecule has 5 nitrogen and oxygen atoms in total. The number of aryl methyl sites for hydroxylation is 1. The summed E-state index contributed by atoms with van der Waals surface area (Å²) in [5.74, 6) is 0.854. The lowest BCUT2D eigenvalue weighted by molar-refractivity contribution is -0.192. The quantitative estimate of drug-likeness (QED) is 0.610. The van der Waals surface area contributed by atoms with Gasteiger partial charge in [0.2, 0.25) is 0 Å². The van der Waals surface area contributed by atoms with Crippen LogP contribution in [0, 0.1) is 16.7 Å². The largest absolute Gasteiger partial charge is 0.490 e. The fraction of sp³-hybridized carbons (Fsp3) is 0.870. The third-order valence-corrected chi connectivity index (χ3v) is 7.95. The molecule has 31 heavy (non-hydrogen) atoms. The number of nitrogens with zero attached hydrogens (tertiary/aromatic N) is 3. The molecule has 0 radical (unpaired) electrons. The van der Waals surface area contributed by atoms with Crippen molar-refractivity contribution in [2.75, 3.05) is 0 Å². The third-order valence-electron chi connectivity index (χ3n) is 7.95. The molecule has 0 saturated heterocycles. The Balaban J connectivity index is 0.000000289. The average molecular weight is 442 g/mol. The maximum Gasteiger partial charge on any atom is 0.490 e. The number of hydrogen-bond donors (Lipinski definition) is 1. The first kappa shape index (κ1) is 22.6. The minimum Gasteiger partial charge on any atom is -0.475 e. The van der Waals surface area contributed by atoms with Gasteiger partial charge < -0.3 is 9.67 Å². The number of carbonyl (C=O) groups is 1. The molecule has 4 fully saturated rings. The van der Waals surface area contributed by atoms with Crippen LogP contribution in [0.1, 0.15) is 96.1 Å². The minimum atomic E-state index is -5.08. The highest BCUT2D eigenvalue weighted by molar-refractivity contribution is 5.73. The van der Waals surface area contributed by atoms with E-state index in [1.807, 2.05) is 0 Å². The van der Waals surface area contributed by atoms with Gasteiger partial charge in [0.1, 0.15) is 11.6 Å². The first-order valence-electron chi connectivity index (χ1n) is 11.7. The smallest absolute Gasteiger partial charge is 0.475 e. The van der Waals surface area contributed by atoms with Gasteiger partial charge in [0.15, 0.2) is 0 Å². The number of alkyl halides is 3. The molecule has 174 valence electrons. The molecule has 1 aromatic heterocycles. The summed E-state index contributed by atoms with van der Waals surface area (Å²) >= 11 is 0. The average Bonchev–Trinajstić information content (AvgIpc) is 3.03. The second-order valence-electron chi connectivity index (χ2n) is 11.3. The molecule has 5 aliphatic rings. The molecule has 8 heteroatoms. The second kappa shape index (κ2) is 7.77. The van der Waals surface area contributed by atoms with E-state index in [-0.39, 0.29) is 0 Å². The molecule has 2 atom stereocenters. The van der Waals surface area contributed by atoms with Gasteiger partial charge in [-0.3, -0.25) is 0 Å². The lowest BCUT2D eigenvalue weighted by atomic mass is 9.40. The fourth-order valence-corrected chi connectivity index (χ4v) is 7.93.